The van der Waals surface area contributed by atoms with Crippen molar-refractivity contribution in [3.63, 3.8) is 0 Å². The number of aromatic nitrogens is 2. The summed E-state index contributed by atoms with van der Waals surface area (Å²) in [7, 11) is 1.54. The molecule has 0 unspecified atom stereocenters. The van der Waals surface area contributed by atoms with E-state index in [1.165, 1.54) is 18.4 Å². The van der Waals surface area contributed by atoms with Crippen molar-refractivity contribution in [3.05, 3.63) is 131 Å². The molecule has 6 rings (SSSR count). The lowest BCUT2D eigenvalue weighted by Gasteiger charge is -2.27. The van der Waals surface area contributed by atoms with Crippen LogP contribution in [0.1, 0.15) is 43.5 Å². The first-order valence-electron chi connectivity index (χ1n) is 15.1. The van der Waals surface area contributed by atoms with E-state index in [1.54, 1.807) is 17.6 Å². The summed E-state index contributed by atoms with van der Waals surface area (Å²) < 4.78 is 21.0. The molecule has 47 heavy (non-hydrogen) atoms. The molecular formula is C36H33Cl2N3O5S. The van der Waals surface area contributed by atoms with Gasteiger partial charge in [0, 0.05) is 51.9 Å². The number of allylic oxidation sites excluding steroid dienone is 1. The molecule has 1 aliphatic rings. The van der Waals surface area contributed by atoms with Crippen molar-refractivity contribution >= 4 is 57.5 Å². The van der Waals surface area contributed by atoms with E-state index in [4.69, 9.17) is 42.4 Å². The van der Waals surface area contributed by atoms with Crippen LogP contribution in [-0.4, -0.2) is 41.5 Å². The Kier molecular flexibility index (Phi) is 9.70. The molecule has 2 aromatic heterocycles. The molecule has 0 N–H and O–H groups in total. The summed E-state index contributed by atoms with van der Waals surface area (Å²) in [6, 6.07) is 20.1. The molecule has 0 bridgehead atoms. The minimum atomic E-state index is -0.813. The Morgan fingerprint density at radius 3 is 2.60 bits per heavy atom. The van der Waals surface area contributed by atoms with E-state index in [0.717, 1.165) is 22.0 Å². The van der Waals surface area contributed by atoms with Gasteiger partial charge < -0.3 is 18.8 Å². The maximum absolute atomic E-state index is 14.4. The Morgan fingerprint density at radius 1 is 1.06 bits per heavy atom. The lowest BCUT2D eigenvalue weighted by atomic mass is 9.95. The van der Waals surface area contributed by atoms with Crippen LogP contribution in [0.15, 0.2) is 94.0 Å². The van der Waals surface area contributed by atoms with E-state index in [0.29, 0.717) is 42.9 Å². The van der Waals surface area contributed by atoms with Crippen molar-refractivity contribution in [2.75, 3.05) is 20.3 Å². The number of thiazole rings is 1. The van der Waals surface area contributed by atoms with E-state index >= 15 is 0 Å². The van der Waals surface area contributed by atoms with Gasteiger partial charge in [-0.05, 0) is 56.7 Å². The van der Waals surface area contributed by atoms with Crippen molar-refractivity contribution in [3.8, 4) is 5.75 Å². The predicted octanol–water partition coefficient (Wildman–Crippen LogP) is 6.52. The number of methoxy groups -OCH3 is 1. The molecule has 3 heterocycles. The summed E-state index contributed by atoms with van der Waals surface area (Å²) in [4.78, 5) is 33.2. The van der Waals surface area contributed by atoms with Gasteiger partial charge in [-0.3, -0.25) is 9.36 Å². The number of rotatable bonds is 10. The van der Waals surface area contributed by atoms with Gasteiger partial charge >= 0.3 is 5.97 Å². The quantitative estimate of drug-likeness (QED) is 0.123. The molecule has 5 aromatic rings. The van der Waals surface area contributed by atoms with Crippen LogP contribution in [0.5, 0.6) is 5.75 Å². The van der Waals surface area contributed by atoms with E-state index in [1.807, 2.05) is 86.8 Å². The Bertz CT molecular complexity index is 2200. The topological polar surface area (TPSA) is 84.0 Å². The molecule has 1 atom stereocenters. The standard InChI is InChI=1S/C36H33Cl2N3O5S/c1-21(2)46-30-12-8-6-10-27(30)33-32(35(43)45-16-15-44-4)22(3)39-36-41(33)34(42)31(47-36)17-24-20-40(29-11-7-5-9-26(24)29)19-23-13-14-25(37)18-28(23)38/h5-14,17-18,20-21,33H,15-16,19H2,1-4H3/b31-17+/t33-/m1/s1. The average Bonchev–Trinajstić information content (AvgIpc) is 3.54. The molecule has 242 valence electrons. The number of benzene rings is 3. The van der Waals surface area contributed by atoms with Gasteiger partial charge in [0.1, 0.15) is 18.4 Å². The molecule has 0 fully saturated rings. The number of ether oxygens (including phenoxy) is 3. The summed E-state index contributed by atoms with van der Waals surface area (Å²) in [5.74, 6) is 0.00811. The lowest BCUT2D eigenvalue weighted by Crippen LogP contribution is -2.40. The SMILES string of the molecule is COCCOC(=O)C1=C(C)N=c2s/c(=C/c3cn(Cc4ccc(Cl)cc4Cl)c4ccccc34)c(=O)n2[C@@H]1c1ccccc1OC(C)C. The van der Waals surface area contributed by atoms with Crippen LogP contribution in [-0.2, 0) is 20.8 Å². The summed E-state index contributed by atoms with van der Waals surface area (Å²) in [6.07, 6.45) is 3.77. The van der Waals surface area contributed by atoms with Crippen molar-refractivity contribution < 1.29 is 19.0 Å². The maximum atomic E-state index is 14.4. The van der Waals surface area contributed by atoms with Crippen LogP contribution < -0.4 is 19.6 Å². The van der Waals surface area contributed by atoms with Gasteiger partial charge in [-0.2, -0.15) is 0 Å². The van der Waals surface area contributed by atoms with Crippen LogP contribution >= 0.6 is 34.5 Å². The number of hydrogen-bond acceptors (Lipinski definition) is 7. The van der Waals surface area contributed by atoms with E-state index in [-0.39, 0.29) is 30.5 Å². The fourth-order valence-corrected chi connectivity index (χ4v) is 7.24. The number of nitrogens with zero attached hydrogens (tertiary/aromatic N) is 3. The third-order valence-corrected chi connectivity index (χ3v) is 9.37. The molecule has 0 spiro atoms. The Hall–Kier alpha value is -4.15. The summed E-state index contributed by atoms with van der Waals surface area (Å²) in [6.45, 7) is 6.46. The van der Waals surface area contributed by atoms with Crippen LogP contribution in [0.4, 0.5) is 0 Å². The average molecular weight is 691 g/mol. The van der Waals surface area contributed by atoms with Gasteiger partial charge in [0.25, 0.3) is 5.56 Å². The number of carbonyl (C=O) groups is 1. The molecule has 1 aliphatic heterocycles. The van der Waals surface area contributed by atoms with Crippen molar-refractivity contribution in [2.45, 2.75) is 39.5 Å². The third kappa shape index (κ3) is 6.67. The molecule has 0 saturated carbocycles. The van der Waals surface area contributed by atoms with Crippen molar-refractivity contribution in [2.24, 2.45) is 4.99 Å². The second-order valence-corrected chi connectivity index (χ2v) is 13.2. The first-order valence-corrected chi connectivity index (χ1v) is 16.7. The molecule has 0 aliphatic carbocycles. The minimum Gasteiger partial charge on any atom is -0.491 e. The largest absolute Gasteiger partial charge is 0.491 e. The Morgan fingerprint density at radius 2 is 1.83 bits per heavy atom. The van der Waals surface area contributed by atoms with Crippen molar-refractivity contribution in [1.82, 2.24) is 9.13 Å². The monoisotopic (exact) mass is 689 g/mol. The highest BCUT2D eigenvalue weighted by Crippen LogP contribution is 2.36. The van der Waals surface area contributed by atoms with Crippen LogP contribution in [0.2, 0.25) is 10.0 Å². The molecule has 0 amide bonds. The van der Waals surface area contributed by atoms with Crippen LogP contribution in [0.3, 0.4) is 0 Å². The van der Waals surface area contributed by atoms with E-state index < -0.39 is 12.0 Å². The normalized spacial score (nSPS) is 14.9. The Labute approximate surface area is 285 Å². The maximum Gasteiger partial charge on any atom is 0.338 e. The van der Waals surface area contributed by atoms with E-state index in [2.05, 4.69) is 4.57 Å². The third-order valence-electron chi connectivity index (χ3n) is 7.80. The minimum absolute atomic E-state index is 0.0681. The summed E-state index contributed by atoms with van der Waals surface area (Å²) in [5, 5.41) is 2.14. The van der Waals surface area contributed by atoms with Gasteiger partial charge in [-0.1, -0.05) is 77.0 Å². The van der Waals surface area contributed by atoms with E-state index in [9.17, 15) is 9.59 Å². The number of para-hydroxylation sites is 2. The highest BCUT2D eigenvalue weighted by Gasteiger charge is 2.35. The molecule has 11 heteroatoms. The smallest absolute Gasteiger partial charge is 0.338 e. The van der Waals surface area contributed by atoms with Crippen LogP contribution in [0.25, 0.3) is 17.0 Å². The molecular weight excluding hydrogens is 657 g/mol. The molecule has 8 nitrogen and oxygen atoms in total. The second kappa shape index (κ2) is 13.9. The number of fused-ring (bicyclic) bond motifs is 2. The van der Waals surface area contributed by atoms with Gasteiger partial charge in [0.15, 0.2) is 4.80 Å². The second-order valence-electron chi connectivity index (χ2n) is 11.4. The van der Waals surface area contributed by atoms with Crippen LogP contribution in [0, 0.1) is 0 Å². The number of esters is 1. The predicted molar refractivity (Wildman–Crippen MR) is 186 cm³/mol. The number of carbonyl (C=O) groups excluding carboxylic acids is 1. The first-order chi connectivity index (χ1) is 22.7. The van der Waals surface area contributed by atoms with Gasteiger partial charge in [0.05, 0.1) is 28.5 Å². The Balaban J connectivity index is 1.51. The lowest BCUT2D eigenvalue weighted by molar-refractivity contribution is -0.140. The summed E-state index contributed by atoms with van der Waals surface area (Å²) >= 11 is 13.9. The first kappa shape index (κ1) is 32.8. The highest BCUT2D eigenvalue weighted by molar-refractivity contribution is 7.07. The zero-order valence-corrected chi connectivity index (χ0v) is 28.7. The molecule has 0 saturated heterocycles. The number of hydrogen-bond donors (Lipinski definition) is 0. The highest BCUT2D eigenvalue weighted by atomic mass is 35.5. The van der Waals surface area contributed by atoms with Gasteiger partial charge in [0.2, 0.25) is 0 Å². The fourth-order valence-electron chi connectivity index (χ4n) is 5.74. The zero-order valence-electron chi connectivity index (χ0n) is 26.3. The molecule has 0 radical (unpaired) electrons. The van der Waals surface area contributed by atoms with Gasteiger partial charge in [-0.25, -0.2) is 9.79 Å². The van der Waals surface area contributed by atoms with Gasteiger partial charge in [-0.15, -0.1) is 0 Å². The summed E-state index contributed by atoms with van der Waals surface area (Å²) in [5.41, 5.74) is 3.92. The van der Waals surface area contributed by atoms with Crippen molar-refractivity contribution in [1.29, 1.82) is 0 Å². The zero-order chi connectivity index (χ0) is 33.2. The molecule has 3 aromatic carbocycles. The fraction of sp³-hybridized carbons (Fsp3) is 0.250. The number of halogens is 2.